The molecule has 8 nitrogen and oxygen atoms in total. The highest BCUT2D eigenvalue weighted by Crippen LogP contribution is 2.37. The van der Waals surface area contributed by atoms with Crippen molar-refractivity contribution in [1.29, 1.82) is 0 Å². The van der Waals surface area contributed by atoms with Gasteiger partial charge in [0.1, 0.15) is 16.3 Å². The lowest BCUT2D eigenvalue weighted by molar-refractivity contribution is -0.401. The molecule has 1 amide bonds. The summed E-state index contributed by atoms with van der Waals surface area (Å²) in [5.41, 5.74) is 2.15. The molecule has 0 spiro atoms. The molecule has 0 radical (unpaired) electrons. The Morgan fingerprint density at radius 1 is 1.29 bits per heavy atom. The summed E-state index contributed by atoms with van der Waals surface area (Å²) in [7, 11) is 0. The molecule has 0 saturated heterocycles. The molecule has 0 unspecified atom stereocenters. The molecule has 3 aromatic heterocycles. The van der Waals surface area contributed by atoms with Gasteiger partial charge in [-0.15, -0.1) is 0 Å². The second kappa shape index (κ2) is 7.10. The van der Waals surface area contributed by atoms with Gasteiger partial charge in [-0.25, -0.2) is 4.98 Å². The third-order valence-corrected chi connectivity index (χ3v) is 5.27. The van der Waals surface area contributed by atoms with Crippen molar-refractivity contribution in [2.75, 3.05) is 4.90 Å². The SMILES string of the molecule is CC(=O)N(c1c(-c2ccc([N+](=O)[O-])o2)nc2cc(C)ccn12)C1CCCCC1. The van der Waals surface area contributed by atoms with Crippen molar-refractivity contribution in [3.05, 3.63) is 46.1 Å². The van der Waals surface area contributed by atoms with Gasteiger partial charge in [0.25, 0.3) is 0 Å². The van der Waals surface area contributed by atoms with E-state index in [1.807, 2.05) is 29.7 Å². The van der Waals surface area contributed by atoms with Crippen molar-refractivity contribution < 1.29 is 14.1 Å². The van der Waals surface area contributed by atoms with E-state index in [4.69, 9.17) is 4.42 Å². The van der Waals surface area contributed by atoms with Crippen LogP contribution in [0.5, 0.6) is 0 Å². The molecule has 1 aliphatic carbocycles. The lowest BCUT2D eigenvalue weighted by Gasteiger charge is -2.33. The first-order chi connectivity index (χ1) is 13.5. The average Bonchev–Trinajstić information content (AvgIpc) is 3.28. The maximum Gasteiger partial charge on any atom is 0.433 e. The largest absolute Gasteiger partial charge is 0.433 e. The van der Waals surface area contributed by atoms with E-state index in [-0.39, 0.29) is 23.6 Å². The van der Waals surface area contributed by atoms with Crippen LogP contribution in [0.2, 0.25) is 0 Å². The Morgan fingerprint density at radius 2 is 2.04 bits per heavy atom. The quantitative estimate of drug-likeness (QED) is 0.489. The second-order valence-corrected chi connectivity index (χ2v) is 7.29. The number of fused-ring (bicyclic) bond motifs is 1. The van der Waals surface area contributed by atoms with Crippen molar-refractivity contribution in [3.8, 4) is 11.5 Å². The molecule has 0 atom stereocenters. The smallest absolute Gasteiger partial charge is 0.399 e. The number of amides is 1. The van der Waals surface area contributed by atoms with E-state index < -0.39 is 4.92 Å². The summed E-state index contributed by atoms with van der Waals surface area (Å²) in [4.78, 5) is 29.6. The van der Waals surface area contributed by atoms with Gasteiger partial charge in [-0.1, -0.05) is 19.3 Å². The van der Waals surface area contributed by atoms with Gasteiger partial charge < -0.3 is 4.42 Å². The number of hydrogen-bond donors (Lipinski definition) is 0. The third-order valence-electron chi connectivity index (χ3n) is 5.27. The van der Waals surface area contributed by atoms with Gasteiger partial charge in [0.15, 0.2) is 11.6 Å². The van der Waals surface area contributed by atoms with Crippen LogP contribution >= 0.6 is 0 Å². The van der Waals surface area contributed by atoms with Gasteiger partial charge in [-0.3, -0.25) is 24.2 Å². The fraction of sp³-hybridized carbons (Fsp3) is 0.400. The molecule has 1 saturated carbocycles. The number of carbonyl (C=O) groups is 1. The molecule has 0 N–H and O–H groups in total. The second-order valence-electron chi connectivity index (χ2n) is 7.29. The van der Waals surface area contributed by atoms with Gasteiger partial charge in [-0.2, -0.15) is 0 Å². The first-order valence-corrected chi connectivity index (χ1v) is 9.49. The van der Waals surface area contributed by atoms with Crippen LogP contribution in [0.4, 0.5) is 11.7 Å². The minimum atomic E-state index is -0.576. The van der Waals surface area contributed by atoms with E-state index in [0.717, 1.165) is 31.2 Å². The fourth-order valence-corrected chi connectivity index (χ4v) is 4.00. The lowest BCUT2D eigenvalue weighted by Crippen LogP contribution is -2.41. The number of rotatable bonds is 4. The number of aromatic nitrogens is 2. The molecule has 3 aromatic rings. The number of nitrogens with zero attached hydrogens (tertiary/aromatic N) is 4. The van der Waals surface area contributed by atoms with Crippen LogP contribution < -0.4 is 4.90 Å². The summed E-state index contributed by atoms with van der Waals surface area (Å²) >= 11 is 0. The van der Waals surface area contributed by atoms with Crippen LogP contribution in [-0.4, -0.2) is 26.3 Å². The van der Waals surface area contributed by atoms with Crippen LogP contribution in [0.1, 0.15) is 44.6 Å². The topological polar surface area (TPSA) is 93.9 Å². The normalized spacial score (nSPS) is 15.1. The van der Waals surface area contributed by atoms with Crippen LogP contribution in [0.25, 0.3) is 17.1 Å². The van der Waals surface area contributed by atoms with Crippen molar-refractivity contribution in [1.82, 2.24) is 9.38 Å². The number of hydrogen-bond acceptors (Lipinski definition) is 5. The Labute approximate surface area is 161 Å². The fourth-order valence-electron chi connectivity index (χ4n) is 4.00. The molecule has 0 bridgehead atoms. The van der Waals surface area contributed by atoms with Crippen molar-refractivity contribution in [3.63, 3.8) is 0 Å². The number of aryl methyl sites for hydroxylation is 1. The maximum absolute atomic E-state index is 12.7. The highest BCUT2D eigenvalue weighted by Gasteiger charge is 2.31. The lowest BCUT2D eigenvalue weighted by atomic mass is 9.94. The first kappa shape index (κ1) is 18.2. The Bertz CT molecular complexity index is 1050. The first-order valence-electron chi connectivity index (χ1n) is 9.49. The van der Waals surface area contributed by atoms with Crippen LogP contribution in [0.3, 0.4) is 0 Å². The Kier molecular flexibility index (Phi) is 4.62. The number of carbonyl (C=O) groups excluding carboxylic acids is 1. The summed E-state index contributed by atoms with van der Waals surface area (Å²) in [6.45, 7) is 3.52. The minimum Gasteiger partial charge on any atom is -0.399 e. The molecule has 8 heteroatoms. The molecular formula is C20H22N4O4. The summed E-state index contributed by atoms with van der Waals surface area (Å²) < 4.78 is 7.30. The summed E-state index contributed by atoms with van der Waals surface area (Å²) in [5.74, 6) is 0.474. The molecule has 28 heavy (non-hydrogen) atoms. The van der Waals surface area contributed by atoms with Crippen molar-refractivity contribution >= 4 is 23.3 Å². The van der Waals surface area contributed by atoms with Gasteiger partial charge >= 0.3 is 5.88 Å². The minimum absolute atomic E-state index is 0.0726. The number of nitro groups is 1. The molecule has 4 rings (SSSR count). The van der Waals surface area contributed by atoms with Gasteiger partial charge in [0.2, 0.25) is 5.91 Å². The van der Waals surface area contributed by atoms with E-state index in [1.54, 1.807) is 11.8 Å². The van der Waals surface area contributed by atoms with E-state index in [9.17, 15) is 14.9 Å². The average molecular weight is 382 g/mol. The zero-order valence-corrected chi connectivity index (χ0v) is 15.9. The van der Waals surface area contributed by atoms with E-state index in [2.05, 4.69) is 4.98 Å². The molecule has 0 aromatic carbocycles. The third kappa shape index (κ3) is 3.15. The van der Waals surface area contributed by atoms with Crippen molar-refractivity contribution in [2.24, 2.45) is 0 Å². The van der Waals surface area contributed by atoms with Gasteiger partial charge in [0, 0.05) is 19.2 Å². The Balaban J connectivity index is 1.93. The van der Waals surface area contributed by atoms with E-state index in [0.29, 0.717) is 17.2 Å². The Hall–Kier alpha value is -3.16. The van der Waals surface area contributed by atoms with Gasteiger partial charge in [-0.05, 0) is 43.5 Å². The maximum atomic E-state index is 12.7. The van der Waals surface area contributed by atoms with Crippen LogP contribution in [-0.2, 0) is 4.79 Å². The number of anilines is 1. The zero-order valence-electron chi connectivity index (χ0n) is 15.9. The highest BCUT2D eigenvalue weighted by atomic mass is 16.6. The van der Waals surface area contributed by atoms with E-state index >= 15 is 0 Å². The number of imidazole rings is 1. The predicted molar refractivity (Wildman–Crippen MR) is 104 cm³/mol. The molecule has 0 aliphatic heterocycles. The monoisotopic (exact) mass is 382 g/mol. The number of pyridine rings is 1. The summed E-state index contributed by atoms with van der Waals surface area (Å²) in [6.07, 6.45) is 7.06. The molecule has 1 aliphatic rings. The number of furan rings is 1. The predicted octanol–water partition coefficient (Wildman–Crippen LogP) is 4.50. The van der Waals surface area contributed by atoms with Crippen molar-refractivity contribution in [2.45, 2.75) is 52.0 Å². The molecular weight excluding hydrogens is 360 g/mol. The van der Waals surface area contributed by atoms with E-state index in [1.165, 1.54) is 18.6 Å². The standard InChI is InChI=1S/C20H22N4O4/c1-13-10-11-22-17(12-13)21-19(16-8-9-18(28-16)24(26)27)20(22)23(14(2)25)15-6-4-3-5-7-15/h8-12,15H,3-7H2,1-2H3. The van der Waals surface area contributed by atoms with Crippen LogP contribution in [0.15, 0.2) is 34.9 Å². The highest BCUT2D eigenvalue weighted by molar-refractivity contribution is 5.95. The molecule has 146 valence electrons. The molecule has 1 fully saturated rings. The Morgan fingerprint density at radius 3 is 2.68 bits per heavy atom. The van der Waals surface area contributed by atoms with Crippen LogP contribution in [0, 0.1) is 17.0 Å². The zero-order chi connectivity index (χ0) is 19.8. The van der Waals surface area contributed by atoms with Gasteiger partial charge in [0.05, 0.1) is 6.07 Å². The summed E-state index contributed by atoms with van der Waals surface area (Å²) in [5, 5.41) is 11.1. The summed E-state index contributed by atoms with van der Waals surface area (Å²) in [6, 6.07) is 6.80. The molecule has 3 heterocycles.